The van der Waals surface area contributed by atoms with Gasteiger partial charge in [0.15, 0.2) is 0 Å². The highest BCUT2D eigenvalue weighted by atomic mass is 32.2. The Hall–Kier alpha value is -1.00. The van der Waals surface area contributed by atoms with Crippen LogP contribution in [0.25, 0.3) is 0 Å². The molecule has 4 heteroatoms. The van der Waals surface area contributed by atoms with Crippen LogP contribution in [0.15, 0.2) is 40.0 Å². The summed E-state index contributed by atoms with van der Waals surface area (Å²) in [4.78, 5) is 11.4. The fourth-order valence-electron chi connectivity index (χ4n) is 1.31. The van der Waals surface area contributed by atoms with Crippen molar-refractivity contribution in [2.45, 2.75) is 6.10 Å². The van der Waals surface area contributed by atoms with Gasteiger partial charge in [-0.05, 0) is 40.6 Å². The van der Waals surface area contributed by atoms with E-state index in [0.717, 1.165) is 5.56 Å². The van der Waals surface area contributed by atoms with Crippen molar-refractivity contribution in [3.8, 4) is 0 Å². The van der Waals surface area contributed by atoms with Crippen molar-refractivity contribution in [3.63, 3.8) is 0 Å². The third kappa shape index (κ3) is 2.33. The summed E-state index contributed by atoms with van der Waals surface area (Å²) in [6.45, 7) is 0. The van der Waals surface area contributed by atoms with Crippen LogP contribution in [0.4, 0.5) is 0 Å². The number of rotatable bonds is 3. The number of carbonyl (C=O) groups is 1. The van der Waals surface area contributed by atoms with Crippen LogP contribution in [-0.2, 0) is 9.53 Å². The first kappa shape index (κ1) is 10.5. The summed E-state index contributed by atoms with van der Waals surface area (Å²) in [6, 6.07) is 1.97. The highest BCUT2D eigenvalue weighted by Crippen LogP contribution is 2.29. The molecule has 0 saturated carbocycles. The molecule has 1 aliphatic heterocycles. The van der Waals surface area contributed by atoms with Crippen LogP contribution in [0, 0.1) is 0 Å². The second kappa shape index (κ2) is 4.68. The molecule has 1 atom stereocenters. The molecular weight excluding hydrogens is 228 g/mol. The second-order valence-electron chi connectivity index (χ2n) is 3.04. The zero-order valence-corrected chi connectivity index (χ0v) is 9.81. The normalized spacial score (nSPS) is 20.7. The third-order valence-electron chi connectivity index (χ3n) is 2.06. The minimum atomic E-state index is -0.239. The molecule has 0 radical (unpaired) electrons. The molecule has 0 amide bonds. The molecule has 1 aromatic rings. The van der Waals surface area contributed by atoms with E-state index in [4.69, 9.17) is 4.74 Å². The smallest absolute Gasteiger partial charge is 0.338 e. The van der Waals surface area contributed by atoms with Crippen LogP contribution in [-0.4, -0.2) is 12.2 Å². The van der Waals surface area contributed by atoms with E-state index in [1.54, 1.807) is 29.2 Å². The quantitative estimate of drug-likeness (QED) is 0.757. The number of carbonyl (C=O) groups excluding carboxylic acids is 1. The maximum atomic E-state index is 11.4. The van der Waals surface area contributed by atoms with E-state index in [9.17, 15) is 4.79 Å². The van der Waals surface area contributed by atoms with E-state index in [1.807, 2.05) is 34.6 Å². The molecule has 1 unspecified atom stereocenters. The molecule has 0 N–H and O–H groups in total. The minimum absolute atomic E-state index is 0.203. The summed E-state index contributed by atoms with van der Waals surface area (Å²) in [5.74, 6) is -0.239. The van der Waals surface area contributed by atoms with Gasteiger partial charge in [0.05, 0.1) is 5.57 Å². The number of thioether (sulfide) groups is 1. The first-order valence-corrected chi connectivity index (χ1v) is 6.68. The van der Waals surface area contributed by atoms with Crippen LogP contribution < -0.4 is 0 Å². The molecule has 0 aliphatic carbocycles. The molecule has 0 fully saturated rings. The highest BCUT2D eigenvalue weighted by Gasteiger charge is 2.24. The molecule has 2 rings (SSSR count). The van der Waals surface area contributed by atoms with Gasteiger partial charge in [0.1, 0.15) is 6.10 Å². The van der Waals surface area contributed by atoms with E-state index in [1.165, 1.54) is 0 Å². The van der Waals surface area contributed by atoms with Crippen LogP contribution in [0.3, 0.4) is 0 Å². The zero-order chi connectivity index (χ0) is 10.7. The van der Waals surface area contributed by atoms with Crippen LogP contribution >= 0.6 is 23.1 Å². The molecule has 2 heterocycles. The number of hydrogen-bond donors (Lipinski definition) is 0. The predicted octanol–water partition coefficient (Wildman–Crippen LogP) is 3.15. The van der Waals surface area contributed by atoms with Crippen molar-refractivity contribution in [2.24, 2.45) is 0 Å². The molecular formula is C11H10O2S2. The molecule has 78 valence electrons. The molecule has 0 spiro atoms. The lowest BCUT2D eigenvalue weighted by atomic mass is 10.1. The van der Waals surface area contributed by atoms with E-state index in [-0.39, 0.29) is 12.1 Å². The number of ether oxygens (including phenoxy) is 1. The van der Waals surface area contributed by atoms with Gasteiger partial charge >= 0.3 is 5.97 Å². The van der Waals surface area contributed by atoms with Crippen molar-refractivity contribution in [3.05, 3.63) is 45.5 Å². The average Bonchev–Trinajstić information content (AvgIpc) is 2.83. The Morgan fingerprint density at radius 1 is 1.60 bits per heavy atom. The number of hydrogen-bond acceptors (Lipinski definition) is 4. The van der Waals surface area contributed by atoms with Crippen LogP contribution in [0.5, 0.6) is 0 Å². The Morgan fingerprint density at radius 2 is 2.47 bits per heavy atom. The van der Waals surface area contributed by atoms with Gasteiger partial charge in [0.25, 0.3) is 0 Å². The molecule has 0 saturated heterocycles. The van der Waals surface area contributed by atoms with Gasteiger partial charge in [0, 0.05) is 5.56 Å². The lowest BCUT2D eigenvalue weighted by molar-refractivity contribution is -0.139. The summed E-state index contributed by atoms with van der Waals surface area (Å²) in [5, 5.41) is 5.85. The first-order valence-electron chi connectivity index (χ1n) is 4.45. The van der Waals surface area contributed by atoms with Crippen molar-refractivity contribution in [1.29, 1.82) is 0 Å². The predicted molar refractivity (Wildman–Crippen MR) is 63.9 cm³/mol. The Bertz CT molecular complexity index is 404. The van der Waals surface area contributed by atoms with Gasteiger partial charge in [-0.15, -0.1) is 11.8 Å². The monoisotopic (exact) mass is 238 g/mol. The summed E-state index contributed by atoms with van der Waals surface area (Å²) in [5.41, 5.74) is 1.68. The maximum Gasteiger partial charge on any atom is 0.338 e. The standard InChI is InChI=1S/C11H10O2S2/c1-14-4-2-8-6-10(13-11(8)12)9-3-5-15-7-9/h2-7,10H,1H3/b4-2-. The average molecular weight is 238 g/mol. The number of cyclic esters (lactones) is 1. The lowest BCUT2D eigenvalue weighted by Crippen LogP contribution is -2.00. The van der Waals surface area contributed by atoms with Gasteiger partial charge in [-0.1, -0.05) is 0 Å². The first-order chi connectivity index (χ1) is 7.31. The second-order valence-corrected chi connectivity index (χ2v) is 4.57. The van der Waals surface area contributed by atoms with Gasteiger partial charge in [-0.25, -0.2) is 4.79 Å². The molecule has 1 aromatic heterocycles. The number of esters is 1. The Balaban J connectivity index is 2.17. The van der Waals surface area contributed by atoms with E-state index in [2.05, 4.69) is 0 Å². The number of thiophene rings is 1. The molecule has 1 aliphatic rings. The van der Waals surface area contributed by atoms with Gasteiger partial charge < -0.3 is 4.74 Å². The van der Waals surface area contributed by atoms with Crippen molar-refractivity contribution < 1.29 is 9.53 Å². The summed E-state index contributed by atoms with van der Waals surface area (Å²) in [7, 11) is 0. The van der Waals surface area contributed by atoms with Crippen molar-refractivity contribution in [1.82, 2.24) is 0 Å². The SMILES string of the molecule is CS/C=C\C1=CC(c2ccsc2)OC1=O. The third-order valence-corrected chi connectivity index (χ3v) is 3.17. The topological polar surface area (TPSA) is 26.3 Å². The van der Waals surface area contributed by atoms with E-state index < -0.39 is 0 Å². The van der Waals surface area contributed by atoms with E-state index in [0.29, 0.717) is 5.57 Å². The maximum absolute atomic E-state index is 11.4. The van der Waals surface area contributed by atoms with Crippen molar-refractivity contribution >= 4 is 29.1 Å². The van der Waals surface area contributed by atoms with Crippen LogP contribution in [0.1, 0.15) is 11.7 Å². The van der Waals surface area contributed by atoms with Crippen molar-refractivity contribution in [2.75, 3.05) is 6.26 Å². The minimum Gasteiger partial charge on any atom is -0.450 e. The summed E-state index contributed by atoms with van der Waals surface area (Å²) in [6.07, 6.45) is 5.40. The Labute approximate surface area is 96.6 Å². The van der Waals surface area contributed by atoms with Gasteiger partial charge in [-0.2, -0.15) is 11.3 Å². The van der Waals surface area contributed by atoms with Gasteiger partial charge in [0.2, 0.25) is 0 Å². The molecule has 0 bridgehead atoms. The lowest BCUT2D eigenvalue weighted by Gasteiger charge is -2.04. The largest absolute Gasteiger partial charge is 0.450 e. The highest BCUT2D eigenvalue weighted by molar-refractivity contribution is 8.01. The zero-order valence-electron chi connectivity index (χ0n) is 8.17. The fraction of sp³-hybridized carbons (Fsp3) is 0.182. The van der Waals surface area contributed by atoms with Crippen LogP contribution in [0.2, 0.25) is 0 Å². The Kier molecular flexibility index (Phi) is 3.28. The summed E-state index contributed by atoms with van der Waals surface area (Å²) >= 11 is 3.17. The molecule has 0 aromatic carbocycles. The summed E-state index contributed by atoms with van der Waals surface area (Å²) < 4.78 is 5.23. The van der Waals surface area contributed by atoms with E-state index >= 15 is 0 Å². The fourth-order valence-corrected chi connectivity index (χ4v) is 2.28. The molecule has 2 nitrogen and oxygen atoms in total. The Morgan fingerprint density at radius 3 is 3.13 bits per heavy atom. The molecule has 15 heavy (non-hydrogen) atoms. The van der Waals surface area contributed by atoms with Gasteiger partial charge in [-0.3, -0.25) is 0 Å².